The molecular weight excluding hydrogens is 599 g/mol. The SMILES string of the molecule is CCCCCCCCCCCCCCCCCCC(=O)N[C@@H](COP(=O)(O)OCCN)[C@H](O)CCCCCCCCCCCCC. The van der Waals surface area contributed by atoms with E-state index in [0.717, 1.165) is 38.5 Å². The second-order valence-electron chi connectivity index (χ2n) is 13.5. The third-order valence-electron chi connectivity index (χ3n) is 8.96. The van der Waals surface area contributed by atoms with E-state index in [9.17, 15) is 19.4 Å². The summed E-state index contributed by atoms with van der Waals surface area (Å²) in [7, 11) is -4.30. The minimum Gasteiger partial charge on any atom is -0.391 e. The van der Waals surface area contributed by atoms with Gasteiger partial charge in [-0.25, -0.2) is 4.57 Å². The maximum atomic E-state index is 12.7. The van der Waals surface area contributed by atoms with Crippen LogP contribution in [0.3, 0.4) is 0 Å². The first kappa shape index (κ1) is 45.5. The normalized spacial score (nSPS) is 14.3. The molecule has 3 atom stereocenters. The molecule has 0 saturated carbocycles. The third-order valence-corrected chi connectivity index (χ3v) is 9.95. The Bertz CT molecular complexity index is 699. The fraction of sp³-hybridized carbons (Fsp3) is 0.973. The van der Waals surface area contributed by atoms with E-state index >= 15 is 0 Å². The number of phosphoric ester groups is 1. The summed E-state index contributed by atoms with van der Waals surface area (Å²) in [6.07, 6.45) is 33.9. The molecule has 276 valence electrons. The maximum absolute atomic E-state index is 12.7. The van der Waals surface area contributed by atoms with Crippen LogP contribution in [-0.2, 0) is 18.4 Å². The van der Waals surface area contributed by atoms with Crippen molar-refractivity contribution in [1.82, 2.24) is 5.32 Å². The zero-order valence-corrected chi connectivity index (χ0v) is 31.2. The van der Waals surface area contributed by atoms with Gasteiger partial charge < -0.3 is 21.1 Å². The molecule has 1 amide bonds. The zero-order chi connectivity index (χ0) is 34.0. The molecule has 0 spiro atoms. The van der Waals surface area contributed by atoms with Crippen molar-refractivity contribution >= 4 is 13.7 Å². The van der Waals surface area contributed by atoms with Crippen molar-refractivity contribution in [3.8, 4) is 0 Å². The summed E-state index contributed by atoms with van der Waals surface area (Å²) >= 11 is 0. The number of hydrogen-bond acceptors (Lipinski definition) is 6. The number of rotatable bonds is 37. The lowest BCUT2D eigenvalue weighted by Crippen LogP contribution is -2.46. The lowest BCUT2D eigenvalue weighted by Gasteiger charge is -2.25. The van der Waals surface area contributed by atoms with Crippen molar-refractivity contribution in [2.45, 2.75) is 212 Å². The van der Waals surface area contributed by atoms with Crippen LogP contribution in [0.4, 0.5) is 0 Å². The largest absolute Gasteiger partial charge is 0.472 e. The van der Waals surface area contributed by atoms with Crippen LogP contribution in [0.1, 0.15) is 200 Å². The first-order valence-electron chi connectivity index (χ1n) is 19.7. The van der Waals surface area contributed by atoms with Crippen molar-refractivity contribution in [3.05, 3.63) is 0 Å². The van der Waals surface area contributed by atoms with Crippen molar-refractivity contribution in [2.75, 3.05) is 19.8 Å². The third kappa shape index (κ3) is 32.1. The Balaban J connectivity index is 4.16. The molecule has 0 bridgehead atoms. The Morgan fingerprint density at radius 1 is 0.630 bits per heavy atom. The van der Waals surface area contributed by atoms with Gasteiger partial charge in [-0.2, -0.15) is 0 Å². The number of unbranched alkanes of at least 4 members (excludes halogenated alkanes) is 25. The predicted octanol–water partition coefficient (Wildman–Crippen LogP) is 10.3. The number of amides is 1. The summed E-state index contributed by atoms with van der Waals surface area (Å²) in [4.78, 5) is 22.6. The number of carbonyl (C=O) groups excluding carboxylic acids is 1. The molecule has 1 unspecified atom stereocenters. The number of phosphoric acid groups is 1. The molecule has 0 saturated heterocycles. The monoisotopic (exact) mass is 677 g/mol. The molecule has 9 heteroatoms. The Morgan fingerprint density at radius 2 is 1.00 bits per heavy atom. The molecule has 0 fully saturated rings. The van der Waals surface area contributed by atoms with Crippen LogP contribution in [-0.4, -0.2) is 47.8 Å². The molecule has 5 N–H and O–H groups in total. The minimum atomic E-state index is -4.30. The molecule has 8 nitrogen and oxygen atoms in total. The van der Waals surface area contributed by atoms with E-state index in [2.05, 4.69) is 19.2 Å². The Morgan fingerprint density at radius 3 is 1.39 bits per heavy atom. The van der Waals surface area contributed by atoms with Crippen molar-refractivity contribution in [2.24, 2.45) is 5.73 Å². The van der Waals surface area contributed by atoms with E-state index in [-0.39, 0.29) is 25.7 Å². The number of carbonyl (C=O) groups is 1. The van der Waals surface area contributed by atoms with E-state index in [0.29, 0.717) is 12.8 Å². The van der Waals surface area contributed by atoms with Crippen LogP contribution in [0.25, 0.3) is 0 Å². The van der Waals surface area contributed by atoms with Gasteiger partial charge in [0.25, 0.3) is 0 Å². The number of aliphatic hydroxyl groups is 1. The van der Waals surface area contributed by atoms with Crippen molar-refractivity contribution < 1.29 is 28.4 Å². The van der Waals surface area contributed by atoms with Gasteiger partial charge in [0, 0.05) is 13.0 Å². The smallest absolute Gasteiger partial charge is 0.391 e. The Hall–Kier alpha value is -0.500. The van der Waals surface area contributed by atoms with E-state index in [4.69, 9.17) is 14.8 Å². The summed E-state index contributed by atoms with van der Waals surface area (Å²) < 4.78 is 22.1. The molecular formula is C37H77N2O6P. The first-order valence-corrected chi connectivity index (χ1v) is 21.1. The van der Waals surface area contributed by atoms with E-state index < -0.39 is 20.0 Å². The number of nitrogens with one attached hydrogen (secondary N) is 1. The second-order valence-corrected chi connectivity index (χ2v) is 15.0. The summed E-state index contributed by atoms with van der Waals surface area (Å²) in [5, 5.41) is 13.7. The molecule has 0 heterocycles. The van der Waals surface area contributed by atoms with E-state index in [1.54, 1.807) is 0 Å². The summed E-state index contributed by atoms with van der Waals surface area (Å²) in [6.45, 7) is 4.21. The number of nitrogens with two attached hydrogens (primary N) is 1. The summed E-state index contributed by atoms with van der Waals surface area (Å²) in [5.41, 5.74) is 5.36. The van der Waals surface area contributed by atoms with Crippen molar-refractivity contribution in [1.29, 1.82) is 0 Å². The van der Waals surface area contributed by atoms with Crippen LogP contribution in [0.5, 0.6) is 0 Å². The van der Waals surface area contributed by atoms with Crippen LogP contribution in [0.15, 0.2) is 0 Å². The summed E-state index contributed by atoms with van der Waals surface area (Å²) in [5.74, 6) is -0.160. The highest BCUT2D eigenvalue weighted by Gasteiger charge is 2.27. The van der Waals surface area contributed by atoms with Gasteiger partial charge in [-0.3, -0.25) is 13.8 Å². The molecule has 0 radical (unpaired) electrons. The molecule has 0 aromatic rings. The van der Waals surface area contributed by atoms with Gasteiger partial charge >= 0.3 is 7.82 Å². The maximum Gasteiger partial charge on any atom is 0.472 e. The highest BCUT2D eigenvalue weighted by atomic mass is 31.2. The standard InChI is InChI=1S/C37H77N2O6P/c1-3-5-7-9-11-13-15-16-17-18-19-21-23-25-27-29-31-37(41)39-35(34-45-46(42,43)44-33-32-38)36(40)30-28-26-24-22-20-14-12-10-8-6-4-2/h35-36,40H,3-34,38H2,1-2H3,(H,39,41)(H,42,43)/t35-,36+/m0/s1. The molecule has 0 aromatic heterocycles. The average molecular weight is 677 g/mol. The van der Waals surface area contributed by atoms with E-state index in [1.807, 2.05) is 0 Å². The number of hydrogen-bond donors (Lipinski definition) is 4. The Labute approximate surface area is 284 Å². The molecule has 0 rings (SSSR count). The van der Waals surface area contributed by atoms with Gasteiger partial charge in [-0.15, -0.1) is 0 Å². The molecule has 0 aromatic carbocycles. The van der Waals surface area contributed by atoms with Gasteiger partial charge in [-0.05, 0) is 12.8 Å². The Kier molecular flexibility index (Phi) is 34.0. The van der Waals surface area contributed by atoms with Gasteiger partial charge in [0.2, 0.25) is 5.91 Å². The molecule has 0 aliphatic heterocycles. The predicted molar refractivity (Wildman–Crippen MR) is 194 cm³/mol. The number of aliphatic hydroxyl groups excluding tert-OH is 1. The first-order chi connectivity index (χ1) is 22.4. The van der Waals surface area contributed by atoms with Crippen LogP contribution in [0, 0.1) is 0 Å². The fourth-order valence-corrected chi connectivity index (χ4v) is 6.72. The highest BCUT2D eigenvalue weighted by Crippen LogP contribution is 2.43. The van der Waals surface area contributed by atoms with Crippen LogP contribution in [0.2, 0.25) is 0 Å². The topological polar surface area (TPSA) is 131 Å². The minimum absolute atomic E-state index is 0.0921. The van der Waals surface area contributed by atoms with E-state index in [1.165, 1.54) is 135 Å². The highest BCUT2D eigenvalue weighted by molar-refractivity contribution is 7.47. The van der Waals surface area contributed by atoms with Gasteiger partial charge in [0.05, 0.1) is 25.4 Å². The molecule has 0 aliphatic rings. The van der Waals surface area contributed by atoms with Gasteiger partial charge in [-0.1, -0.05) is 181 Å². The molecule has 0 aliphatic carbocycles. The summed E-state index contributed by atoms with van der Waals surface area (Å²) in [6, 6.07) is -0.765. The molecule has 46 heavy (non-hydrogen) atoms. The van der Waals surface area contributed by atoms with Gasteiger partial charge in [0.15, 0.2) is 0 Å². The quantitative estimate of drug-likeness (QED) is 0.0380. The van der Waals surface area contributed by atoms with Gasteiger partial charge in [0.1, 0.15) is 0 Å². The van der Waals surface area contributed by atoms with Crippen LogP contribution >= 0.6 is 7.82 Å². The van der Waals surface area contributed by atoms with Crippen molar-refractivity contribution in [3.63, 3.8) is 0 Å². The fourth-order valence-electron chi connectivity index (χ4n) is 5.96. The van der Waals surface area contributed by atoms with Crippen LogP contribution < -0.4 is 11.1 Å². The average Bonchev–Trinajstić information content (AvgIpc) is 3.04. The zero-order valence-electron chi connectivity index (χ0n) is 30.3. The lowest BCUT2D eigenvalue weighted by atomic mass is 10.0. The second kappa shape index (κ2) is 34.4. The lowest BCUT2D eigenvalue weighted by molar-refractivity contribution is -0.123.